The number of aromatic nitrogens is 1. The molecule has 8 nitrogen and oxygen atoms in total. The summed E-state index contributed by atoms with van der Waals surface area (Å²) >= 11 is 1.47. The second-order valence-corrected chi connectivity index (χ2v) is 11.0. The zero-order chi connectivity index (χ0) is 23.2. The number of thiazole rings is 1. The van der Waals surface area contributed by atoms with E-state index in [1.807, 2.05) is 0 Å². The van der Waals surface area contributed by atoms with Gasteiger partial charge in [-0.05, 0) is 36.8 Å². The number of hydrogen-bond acceptors (Lipinski definition) is 7. The Bertz CT molecular complexity index is 1410. The Morgan fingerprint density at radius 2 is 1.97 bits per heavy atom. The molecule has 1 saturated carbocycles. The van der Waals surface area contributed by atoms with Crippen molar-refractivity contribution in [1.29, 1.82) is 0 Å². The van der Waals surface area contributed by atoms with Gasteiger partial charge < -0.3 is 10.6 Å². The highest BCUT2D eigenvalue weighted by Gasteiger charge is 2.31. The van der Waals surface area contributed by atoms with E-state index in [1.54, 1.807) is 18.3 Å². The summed E-state index contributed by atoms with van der Waals surface area (Å²) in [6.07, 6.45) is 3.62. The summed E-state index contributed by atoms with van der Waals surface area (Å²) in [7, 11) is -3.92. The van der Waals surface area contributed by atoms with Crippen LogP contribution in [0.1, 0.15) is 55.8 Å². The number of Topliss-reactive ketones (excluding diaryl/α,β-unsaturated/α-hetero) is 1. The Hall–Kier alpha value is -3.37. The number of sulfone groups is 1. The number of ketones is 1. The summed E-state index contributed by atoms with van der Waals surface area (Å²) < 4.78 is 26.1. The fourth-order valence-corrected chi connectivity index (χ4v) is 6.67. The molecule has 3 aromatic rings. The molecule has 1 atom stereocenters. The summed E-state index contributed by atoms with van der Waals surface area (Å²) in [6.45, 7) is 0.254. The van der Waals surface area contributed by atoms with Gasteiger partial charge in [-0.15, -0.1) is 11.3 Å². The minimum absolute atomic E-state index is 0.0597. The first-order valence-corrected chi connectivity index (χ1v) is 12.7. The zero-order valence-electron chi connectivity index (χ0n) is 17.3. The maximum atomic E-state index is 13.1. The number of benzene rings is 2. The number of fused-ring (bicyclic) bond motifs is 2. The highest BCUT2D eigenvalue weighted by atomic mass is 32.2. The van der Waals surface area contributed by atoms with E-state index in [0.29, 0.717) is 12.8 Å². The second-order valence-electron chi connectivity index (χ2n) is 7.99. The van der Waals surface area contributed by atoms with Gasteiger partial charge >= 0.3 is 0 Å². The van der Waals surface area contributed by atoms with Crippen LogP contribution in [0.5, 0.6) is 0 Å². The first-order chi connectivity index (χ1) is 15.8. The fourth-order valence-electron chi connectivity index (χ4n) is 4.09. The van der Waals surface area contributed by atoms with Gasteiger partial charge in [0.1, 0.15) is 5.78 Å². The summed E-state index contributed by atoms with van der Waals surface area (Å²) in [5, 5.41) is 6.31. The molecule has 2 aromatic carbocycles. The van der Waals surface area contributed by atoms with E-state index in [2.05, 4.69) is 15.6 Å². The van der Waals surface area contributed by atoms with Gasteiger partial charge in [0, 0.05) is 35.4 Å². The van der Waals surface area contributed by atoms with E-state index in [4.69, 9.17) is 0 Å². The maximum Gasteiger partial charge on any atom is 0.257 e. The Kier molecular flexibility index (Phi) is 5.34. The molecule has 1 fully saturated rings. The van der Waals surface area contributed by atoms with Crippen molar-refractivity contribution in [3.05, 3.63) is 69.7 Å². The van der Waals surface area contributed by atoms with Gasteiger partial charge in [0.25, 0.3) is 11.8 Å². The minimum atomic E-state index is -3.92. The van der Waals surface area contributed by atoms with Gasteiger partial charge in [0.2, 0.25) is 9.84 Å². The molecule has 1 aliphatic heterocycles. The van der Waals surface area contributed by atoms with Crippen LogP contribution < -0.4 is 10.6 Å². The Morgan fingerprint density at radius 1 is 1.15 bits per heavy atom. The highest BCUT2D eigenvalue weighted by molar-refractivity contribution is 7.91. The topological polar surface area (TPSA) is 122 Å². The average Bonchev–Trinajstić information content (AvgIpc) is 3.44. The highest BCUT2D eigenvalue weighted by Crippen LogP contribution is 2.35. The predicted octanol–water partition coefficient (Wildman–Crippen LogP) is 3.31. The Morgan fingerprint density at radius 3 is 2.76 bits per heavy atom. The number of carbonyl (C=O) groups excluding carboxylic acids is 3. The molecule has 1 unspecified atom stereocenters. The van der Waals surface area contributed by atoms with Gasteiger partial charge in [0.05, 0.1) is 32.6 Å². The smallest absolute Gasteiger partial charge is 0.257 e. The molecule has 0 radical (unpaired) electrons. The normalized spacial score (nSPS) is 18.7. The third kappa shape index (κ3) is 3.96. The monoisotopic (exact) mass is 481 g/mol. The van der Waals surface area contributed by atoms with Gasteiger partial charge in [-0.25, -0.2) is 13.4 Å². The molecular weight excluding hydrogens is 462 g/mol. The van der Waals surface area contributed by atoms with E-state index in [0.717, 1.165) is 16.3 Å². The molecule has 0 bridgehead atoms. The summed E-state index contributed by atoms with van der Waals surface area (Å²) in [4.78, 5) is 41.9. The van der Waals surface area contributed by atoms with Crippen LogP contribution in [0.25, 0.3) is 0 Å². The number of nitrogens with one attached hydrogen (secondary N) is 2. The van der Waals surface area contributed by atoms with Crippen molar-refractivity contribution >= 4 is 44.5 Å². The summed E-state index contributed by atoms with van der Waals surface area (Å²) in [5.41, 5.74) is 0.348. The SMILES string of the molecule is O=C1CCC(c2ncc(CNC(=O)c3ccc4c(c3)NC(=O)c3ccccc3S4(=O)=O)s2)C1. The molecule has 2 N–H and O–H groups in total. The molecule has 10 heteroatoms. The fraction of sp³-hybridized carbons (Fsp3) is 0.217. The molecule has 2 amide bonds. The number of carbonyl (C=O) groups is 3. The number of amides is 2. The molecule has 0 saturated heterocycles. The first kappa shape index (κ1) is 21.5. The van der Waals surface area contributed by atoms with Gasteiger partial charge in [0.15, 0.2) is 0 Å². The summed E-state index contributed by atoms with van der Waals surface area (Å²) in [5.74, 6) is -0.540. The molecule has 2 aliphatic rings. The van der Waals surface area contributed by atoms with E-state index >= 15 is 0 Å². The van der Waals surface area contributed by atoms with Crippen LogP contribution in [-0.2, 0) is 21.2 Å². The van der Waals surface area contributed by atoms with Crippen LogP contribution >= 0.6 is 11.3 Å². The number of hydrogen-bond donors (Lipinski definition) is 2. The molecule has 33 heavy (non-hydrogen) atoms. The lowest BCUT2D eigenvalue weighted by atomic mass is 10.1. The molecule has 1 aliphatic carbocycles. The van der Waals surface area contributed by atoms with Gasteiger partial charge in [-0.2, -0.15) is 0 Å². The van der Waals surface area contributed by atoms with Crippen molar-refractivity contribution in [2.24, 2.45) is 0 Å². The van der Waals surface area contributed by atoms with Crippen molar-refractivity contribution in [2.45, 2.75) is 41.5 Å². The molecule has 5 rings (SSSR count). The molecule has 168 valence electrons. The van der Waals surface area contributed by atoms with Crippen molar-refractivity contribution in [1.82, 2.24) is 10.3 Å². The van der Waals surface area contributed by atoms with E-state index < -0.39 is 21.7 Å². The van der Waals surface area contributed by atoms with Crippen molar-refractivity contribution < 1.29 is 22.8 Å². The molecule has 2 heterocycles. The number of rotatable bonds is 4. The third-order valence-electron chi connectivity index (χ3n) is 5.79. The van der Waals surface area contributed by atoms with Crippen molar-refractivity contribution in [3.8, 4) is 0 Å². The lowest BCUT2D eigenvalue weighted by molar-refractivity contribution is -0.117. The average molecular weight is 482 g/mol. The number of anilines is 1. The van der Waals surface area contributed by atoms with Gasteiger partial charge in [-0.1, -0.05) is 12.1 Å². The van der Waals surface area contributed by atoms with Crippen molar-refractivity contribution in [2.75, 3.05) is 5.32 Å². The van der Waals surface area contributed by atoms with Crippen LogP contribution in [0, 0.1) is 0 Å². The Balaban J connectivity index is 1.34. The standard InChI is InChI=1S/C23H19N3O5S2/c27-15-7-5-14(9-15)23-25-12-16(32-23)11-24-21(28)13-6-8-20-18(10-13)26-22(29)17-3-1-2-4-19(17)33(20,30)31/h1-4,6,8,10,12,14H,5,7,9,11H2,(H,24,28)(H,26,29). The first-order valence-electron chi connectivity index (χ1n) is 10.4. The molecule has 1 aromatic heterocycles. The minimum Gasteiger partial charge on any atom is -0.347 e. The summed E-state index contributed by atoms with van der Waals surface area (Å²) in [6, 6.07) is 10.1. The largest absolute Gasteiger partial charge is 0.347 e. The second kappa shape index (κ2) is 8.20. The van der Waals surface area contributed by atoms with Crippen molar-refractivity contribution in [3.63, 3.8) is 0 Å². The maximum absolute atomic E-state index is 13.1. The van der Waals surface area contributed by atoms with Crippen LogP contribution in [0.15, 0.2) is 58.5 Å². The molecule has 0 spiro atoms. The van der Waals surface area contributed by atoms with Crippen LogP contribution in [0.4, 0.5) is 5.69 Å². The lowest BCUT2D eigenvalue weighted by Crippen LogP contribution is -2.22. The predicted molar refractivity (Wildman–Crippen MR) is 121 cm³/mol. The third-order valence-corrected chi connectivity index (χ3v) is 8.82. The van der Waals surface area contributed by atoms with E-state index in [1.165, 1.54) is 41.7 Å². The molecular formula is C23H19N3O5S2. The van der Waals surface area contributed by atoms with E-state index in [-0.39, 0.29) is 44.9 Å². The zero-order valence-corrected chi connectivity index (χ0v) is 19.0. The van der Waals surface area contributed by atoms with Gasteiger partial charge in [-0.3, -0.25) is 14.4 Å². The lowest BCUT2D eigenvalue weighted by Gasteiger charge is -2.10. The van der Waals surface area contributed by atoms with Crippen LogP contribution in [0.3, 0.4) is 0 Å². The Labute approximate surface area is 194 Å². The number of nitrogens with zero attached hydrogens (tertiary/aromatic N) is 1. The van der Waals surface area contributed by atoms with Crippen LogP contribution in [-0.4, -0.2) is 31.0 Å². The quantitative estimate of drug-likeness (QED) is 0.590. The van der Waals surface area contributed by atoms with E-state index in [9.17, 15) is 22.8 Å². The van der Waals surface area contributed by atoms with Crippen LogP contribution in [0.2, 0.25) is 0 Å².